The van der Waals surface area contributed by atoms with Gasteiger partial charge in [-0.2, -0.15) is 5.26 Å². The molecule has 5 rings (SSSR count). The fourth-order valence-electron chi connectivity index (χ4n) is 6.23. The summed E-state index contributed by atoms with van der Waals surface area (Å²) in [5, 5.41) is 10.3. The summed E-state index contributed by atoms with van der Waals surface area (Å²) in [6, 6.07) is 12.5. The van der Waals surface area contributed by atoms with Gasteiger partial charge < -0.3 is 14.5 Å². The first-order valence-corrected chi connectivity index (χ1v) is 13.5. The second-order valence-electron chi connectivity index (χ2n) is 11.4. The minimum atomic E-state index is -0.295. The summed E-state index contributed by atoms with van der Waals surface area (Å²) in [6.45, 7) is 8.88. The zero-order valence-corrected chi connectivity index (χ0v) is 21.9. The molecule has 6 nitrogen and oxygen atoms in total. The van der Waals surface area contributed by atoms with Crippen molar-refractivity contribution in [3.63, 3.8) is 0 Å². The van der Waals surface area contributed by atoms with Crippen LogP contribution >= 0.6 is 0 Å². The lowest BCUT2D eigenvalue weighted by atomic mass is 9.80. The minimum Gasteiger partial charge on any atom is -0.370 e. The quantitative estimate of drug-likeness (QED) is 0.599. The highest BCUT2D eigenvalue weighted by Crippen LogP contribution is 2.41. The first-order valence-electron chi connectivity index (χ1n) is 13.5. The van der Waals surface area contributed by atoms with Crippen molar-refractivity contribution in [3.05, 3.63) is 58.3 Å². The van der Waals surface area contributed by atoms with E-state index in [1.807, 2.05) is 35.2 Å². The molecular weight excluding hydrogens is 448 g/mol. The normalized spacial score (nSPS) is 22.1. The molecule has 1 unspecified atom stereocenters. The molecule has 2 aliphatic heterocycles. The summed E-state index contributed by atoms with van der Waals surface area (Å²) in [7, 11) is 0. The van der Waals surface area contributed by atoms with E-state index >= 15 is 0 Å². The van der Waals surface area contributed by atoms with Crippen LogP contribution in [0.3, 0.4) is 0 Å². The number of nitriles is 1. The van der Waals surface area contributed by atoms with Crippen LogP contribution < -0.4 is 4.90 Å². The molecule has 1 aromatic carbocycles. The first-order chi connectivity index (χ1) is 17.4. The van der Waals surface area contributed by atoms with Crippen molar-refractivity contribution >= 4 is 11.7 Å². The van der Waals surface area contributed by atoms with Crippen molar-refractivity contribution in [1.82, 2.24) is 9.88 Å². The number of piperazine rings is 1. The molecule has 1 saturated heterocycles. The Labute approximate surface area is 215 Å². The second-order valence-corrected chi connectivity index (χ2v) is 11.4. The first kappa shape index (κ1) is 24.8. The van der Waals surface area contributed by atoms with E-state index < -0.39 is 0 Å². The summed E-state index contributed by atoms with van der Waals surface area (Å²) in [6.07, 6.45) is 7.24. The van der Waals surface area contributed by atoms with Gasteiger partial charge in [-0.15, -0.1) is 0 Å². The number of pyridine rings is 1. The molecule has 3 heterocycles. The Morgan fingerprint density at radius 2 is 1.89 bits per heavy atom. The molecule has 0 N–H and O–H groups in total. The van der Waals surface area contributed by atoms with Crippen molar-refractivity contribution in [3.8, 4) is 6.07 Å². The Bertz CT molecular complexity index is 1150. The Morgan fingerprint density at radius 3 is 2.58 bits per heavy atom. The summed E-state index contributed by atoms with van der Waals surface area (Å²) in [5.74, 6) is 1.42. The van der Waals surface area contributed by atoms with E-state index in [1.165, 1.54) is 19.3 Å². The largest absolute Gasteiger partial charge is 0.370 e. The van der Waals surface area contributed by atoms with Crippen LogP contribution in [0.25, 0.3) is 0 Å². The number of aromatic nitrogens is 1. The predicted molar refractivity (Wildman–Crippen MR) is 141 cm³/mol. The third kappa shape index (κ3) is 4.99. The SMILES string of the molecule is CC1CN(c2nc(C3CCCCC3)c3c(c2C#N)CC(C)(C)OC3)CCN1C(=O)Cc1ccccc1. The number of fused-ring (bicyclic) bond motifs is 1. The summed E-state index contributed by atoms with van der Waals surface area (Å²) < 4.78 is 6.21. The number of carbonyl (C=O) groups is 1. The number of rotatable bonds is 4. The molecule has 2 fully saturated rings. The molecule has 0 spiro atoms. The van der Waals surface area contributed by atoms with Crippen LogP contribution in [0.1, 0.15) is 86.7 Å². The van der Waals surface area contributed by atoms with Gasteiger partial charge in [-0.3, -0.25) is 4.79 Å². The zero-order chi connectivity index (χ0) is 25.3. The molecule has 36 heavy (non-hydrogen) atoms. The van der Waals surface area contributed by atoms with Crippen LogP contribution in [0.15, 0.2) is 30.3 Å². The number of ether oxygens (including phenoxy) is 1. The zero-order valence-electron chi connectivity index (χ0n) is 21.9. The fourth-order valence-corrected chi connectivity index (χ4v) is 6.23. The van der Waals surface area contributed by atoms with Crippen LogP contribution in [0, 0.1) is 11.3 Å². The van der Waals surface area contributed by atoms with Gasteiger partial charge in [0.1, 0.15) is 11.9 Å². The number of hydrogen-bond donors (Lipinski definition) is 0. The van der Waals surface area contributed by atoms with Crippen molar-refractivity contribution < 1.29 is 9.53 Å². The van der Waals surface area contributed by atoms with Gasteiger partial charge in [0.05, 0.1) is 29.9 Å². The van der Waals surface area contributed by atoms with E-state index in [9.17, 15) is 10.1 Å². The number of amides is 1. The molecule has 6 heteroatoms. The molecule has 0 radical (unpaired) electrons. The number of carbonyl (C=O) groups excluding carboxylic acids is 1. The maximum Gasteiger partial charge on any atom is 0.227 e. The van der Waals surface area contributed by atoms with Gasteiger partial charge in [-0.25, -0.2) is 4.98 Å². The Balaban J connectivity index is 1.44. The van der Waals surface area contributed by atoms with Crippen LogP contribution in [0.2, 0.25) is 0 Å². The van der Waals surface area contributed by atoms with Crippen LogP contribution in [-0.4, -0.2) is 47.1 Å². The topological polar surface area (TPSA) is 69.5 Å². The Morgan fingerprint density at radius 1 is 1.14 bits per heavy atom. The van der Waals surface area contributed by atoms with E-state index in [0.29, 0.717) is 44.1 Å². The molecule has 1 atom stereocenters. The highest BCUT2D eigenvalue weighted by atomic mass is 16.5. The third-order valence-corrected chi connectivity index (χ3v) is 8.18. The molecule has 1 aromatic heterocycles. The monoisotopic (exact) mass is 486 g/mol. The van der Waals surface area contributed by atoms with Gasteiger partial charge in [0.25, 0.3) is 0 Å². The van der Waals surface area contributed by atoms with Crippen molar-refractivity contribution in [2.24, 2.45) is 0 Å². The highest BCUT2D eigenvalue weighted by molar-refractivity contribution is 5.79. The Kier molecular flexibility index (Phi) is 7.03. The number of anilines is 1. The molecule has 3 aliphatic rings. The van der Waals surface area contributed by atoms with Gasteiger partial charge in [0, 0.05) is 43.6 Å². The lowest BCUT2D eigenvalue weighted by molar-refractivity contribution is -0.132. The smallest absolute Gasteiger partial charge is 0.227 e. The van der Waals surface area contributed by atoms with E-state index in [1.54, 1.807) is 0 Å². The molecule has 1 saturated carbocycles. The van der Waals surface area contributed by atoms with Gasteiger partial charge in [-0.05, 0) is 44.7 Å². The van der Waals surface area contributed by atoms with E-state index in [0.717, 1.165) is 47.5 Å². The fraction of sp³-hybridized carbons (Fsp3) is 0.567. The van der Waals surface area contributed by atoms with E-state index in [-0.39, 0.29) is 17.6 Å². The maximum atomic E-state index is 13.1. The average molecular weight is 487 g/mol. The lowest BCUT2D eigenvalue weighted by Crippen LogP contribution is -2.55. The molecule has 1 aliphatic carbocycles. The second kappa shape index (κ2) is 10.2. The molecule has 2 aromatic rings. The third-order valence-electron chi connectivity index (χ3n) is 8.18. The maximum absolute atomic E-state index is 13.1. The highest BCUT2D eigenvalue weighted by Gasteiger charge is 2.36. The molecule has 1 amide bonds. The Hall–Kier alpha value is -2.91. The standard InChI is InChI=1S/C30H38N4O2/c1-21-19-33(14-15-34(21)27(35)16-22-10-6-4-7-11-22)29-25(18-31)24-17-30(2,3)36-20-26(24)28(32-29)23-12-8-5-9-13-23/h4,6-7,10-11,21,23H,5,8-9,12-17,19-20H2,1-3H3. The van der Waals surface area contributed by atoms with Gasteiger partial charge in [0.15, 0.2) is 0 Å². The van der Waals surface area contributed by atoms with Crippen molar-refractivity contribution in [1.29, 1.82) is 5.26 Å². The van der Waals surface area contributed by atoms with Gasteiger partial charge in [0.2, 0.25) is 5.91 Å². The van der Waals surface area contributed by atoms with Crippen LogP contribution in [-0.2, 0) is 29.0 Å². The van der Waals surface area contributed by atoms with Crippen LogP contribution in [0.4, 0.5) is 5.82 Å². The molecule has 190 valence electrons. The summed E-state index contributed by atoms with van der Waals surface area (Å²) >= 11 is 0. The number of hydrogen-bond acceptors (Lipinski definition) is 5. The van der Waals surface area contributed by atoms with Gasteiger partial charge in [-0.1, -0.05) is 49.6 Å². The minimum absolute atomic E-state index is 0.0530. The van der Waals surface area contributed by atoms with E-state index in [4.69, 9.17) is 9.72 Å². The van der Waals surface area contributed by atoms with Crippen LogP contribution in [0.5, 0.6) is 0 Å². The molecule has 0 bridgehead atoms. The number of nitrogens with zero attached hydrogens (tertiary/aromatic N) is 4. The molecular formula is C30H38N4O2. The lowest BCUT2D eigenvalue weighted by Gasteiger charge is -2.42. The summed E-state index contributed by atoms with van der Waals surface area (Å²) in [4.78, 5) is 22.6. The van der Waals surface area contributed by atoms with Crippen molar-refractivity contribution in [2.75, 3.05) is 24.5 Å². The predicted octanol–water partition coefficient (Wildman–Crippen LogP) is 5.13. The average Bonchev–Trinajstić information content (AvgIpc) is 2.88. The van der Waals surface area contributed by atoms with Gasteiger partial charge >= 0.3 is 0 Å². The van der Waals surface area contributed by atoms with E-state index in [2.05, 4.69) is 31.7 Å². The number of benzene rings is 1. The van der Waals surface area contributed by atoms with Crippen molar-refractivity contribution in [2.45, 2.75) is 89.9 Å². The summed E-state index contributed by atoms with van der Waals surface area (Å²) in [5.41, 5.74) is 4.90.